The number of nitrogens with zero attached hydrogens (tertiary/aromatic N) is 4. The summed E-state index contributed by atoms with van der Waals surface area (Å²) in [7, 11) is 0. The molecule has 1 aromatic carbocycles. The molecular formula is C20H21N5O2. The number of aromatic amines is 1. The summed E-state index contributed by atoms with van der Waals surface area (Å²) < 4.78 is 5.58. The molecule has 5 rings (SSSR count). The van der Waals surface area contributed by atoms with Gasteiger partial charge in [-0.2, -0.15) is 0 Å². The number of benzene rings is 1. The van der Waals surface area contributed by atoms with Crippen molar-refractivity contribution >= 4 is 22.9 Å². The number of hydrogen-bond donors (Lipinski definition) is 1. The molecule has 7 nitrogen and oxygen atoms in total. The molecule has 0 bridgehead atoms. The van der Waals surface area contributed by atoms with Crippen molar-refractivity contribution in [3.8, 4) is 0 Å². The van der Waals surface area contributed by atoms with E-state index in [0.717, 1.165) is 54.9 Å². The van der Waals surface area contributed by atoms with Crippen molar-refractivity contribution in [1.82, 2.24) is 19.9 Å². The van der Waals surface area contributed by atoms with E-state index in [2.05, 4.69) is 19.9 Å². The molecule has 4 heterocycles. The monoisotopic (exact) mass is 363 g/mol. The van der Waals surface area contributed by atoms with Gasteiger partial charge in [-0.25, -0.2) is 14.8 Å². The molecule has 3 aromatic rings. The summed E-state index contributed by atoms with van der Waals surface area (Å²) in [6, 6.07) is 11.8. The molecule has 0 saturated carbocycles. The first kappa shape index (κ1) is 16.1. The molecule has 1 spiro atoms. The van der Waals surface area contributed by atoms with Crippen LogP contribution >= 0.6 is 0 Å². The molecule has 27 heavy (non-hydrogen) atoms. The zero-order chi connectivity index (χ0) is 18.3. The number of aromatic nitrogens is 3. The number of fused-ring (bicyclic) bond motifs is 1. The summed E-state index contributed by atoms with van der Waals surface area (Å²) in [5, 5.41) is 1.02. The molecule has 7 heteroatoms. The van der Waals surface area contributed by atoms with Crippen molar-refractivity contribution in [2.45, 2.75) is 25.0 Å². The van der Waals surface area contributed by atoms with Gasteiger partial charge in [0.1, 0.15) is 24.4 Å². The maximum Gasteiger partial charge on any atom is 0.410 e. The van der Waals surface area contributed by atoms with E-state index < -0.39 is 0 Å². The van der Waals surface area contributed by atoms with Crippen LogP contribution in [0.1, 0.15) is 18.4 Å². The van der Waals surface area contributed by atoms with E-state index in [1.165, 1.54) is 0 Å². The predicted octanol–water partition coefficient (Wildman–Crippen LogP) is 2.95. The highest BCUT2D eigenvalue weighted by Gasteiger charge is 2.53. The molecule has 0 aliphatic carbocycles. The molecule has 0 radical (unpaired) electrons. The van der Waals surface area contributed by atoms with Crippen LogP contribution in [0.25, 0.3) is 11.0 Å². The van der Waals surface area contributed by atoms with Crippen LogP contribution in [0.2, 0.25) is 0 Å². The van der Waals surface area contributed by atoms with Crippen LogP contribution in [0.4, 0.5) is 10.6 Å². The van der Waals surface area contributed by atoms with Gasteiger partial charge < -0.3 is 14.6 Å². The minimum atomic E-state index is -0.217. The second kappa shape index (κ2) is 6.26. The van der Waals surface area contributed by atoms with Crippen LogP contribution in [0.3, 0.4) is 0 Å². The van der Waals surface area contributed by atoms with Crippen LogP contribution < -0.4 is 4.90 Å². The lowest BCUT2D eigenvalue weighted by Gasteiger charge is -2.52. The van der Waals surface area contributed by atoms with E-state index in [1.54, 1.807) is 6.33 Å². The van der Waals surface area contributed by atoms with Crippen LogP contribution in [-0.4, -0.2) is 51.1 Å². The number of anilines is 1. The zero-order valence-electron chi connectivity index (χ0n) is 15.0. The molecule has 1 N–H and O–H groups in total. The van der Waals surface area contributed by atoms with Gasteiger partial charge in [0.15, 0.2) is 0 Å². The van der Waals surface area contributed by atoms with Gasteiger partial charge in [-0.05, 0) is 24.5 Å². The van der Waals surface area contributed by atoms with Gasteiger partial charge in [0, 0.05) is 25.8 Å². The number of carbonyl (C=O) groups excluding carboxylic acids is 1. The van der Waals surface area contributed by atoms with E-state index >= 15 is 0 Å². The topological polar surface area (TPSA) is 74.3 Å². The molecule has 2 aromatic heterocycles. The van der Waals surface area contributed by atoms with E-state index in [9.17, 15) is 4.79 Å². The molecule has 1 amide bonds. The molecule has 0 unspecified atom stereocenters. The number of rotatable bonds is 3. The number of ether oxygens (including phenoxy) is 1. The van der Waals surface area contributed by atoms with Gasteiger partial charge >= 0.3 is 6.09 Å². The highest BCUT2D eigenvalue weighted by molar-refractivity contribution is 5.88. The number of amides is 1. The molecular weight excluding hydrogens is 342 g/mol. The Bertz CT molecular complexity index is 965. The van der Waals surface area contributed by atoms with Crippen LogP contribution in [0.15, 0.2) is 48.9 Å². The van der Waals surface area contributed by atoms with Crippen molar-refractivity contribution in [1.29, 1.82) is 0 Å². The molecule has 2 aliphatic heterocycles. The minimum Gasteiger partial charge on any atom is -0.445 e. The third-order valence-corrected chi connectivity index (χ3v) is 5.62. The minimum absolute atomic E-state index is 0.138. The summed E-state index contributed by atoms with van der Waals surface area (Å²) in [5.41, 5.74) is 1.71. The molecule has 0 atom stereocenters. The number of carbonyl (C=O) groups is 1. The molecule has 2 saturated heterocycles. The summed E-state index contributed by atoms with van der Waals surface area (Å²) >= 11 is 0. The Balaban J connectivity index is 1.28. The fourth-order valence-corrected chi connectivity index (χ4v) is 4.27. The second-order valence-electron chi connectivity index (χ2n) is 7.31. The maximum absolute atomic E-state index is 12.7. The maximum atomic E-state index is 12.7. The van der Waals surface area contributed by atoms with Crippen LogP contribution in [0.5, 0.6) is 0 Å². The predicted molar refractivity (Wildman–Crippen MR) is 101 cm³/mol. The zero-order valence-corrected chi connectivity index (χ0v) is 15.0. The average molecular weight is 363 g/mol. The van der Waals surface area contributed by atoms with Gasteiger partial charge in [-0.3, -0.25) is 4.90 Å². The van der Waals surface area contributed by atoms with E-state index in [-0.39, 0.29) is 11.6 Å². The average Bonchev–Trinajstić information content (AvgIpc) is 3.32. The number of H-pyrrole nitrogens is 1. The smallest absolute Gasteiger partial charge is 0.410 e. The van der Waals surface area contributed by atoms with Gasteiger partial charge in [-0.1, -0.05) is 30.3 Å². The number of nitrogens with one attached hydrogen (secondary N) is 1. The largest absolute Gasteiger partial charge is 0.445 e. The van der Waals surface area contributed by atoms with Crippen molar-refractivity contribution in [2.24, 2.45) is 0 Å². The first-order valence-corrected chi connectivity index (χ1v) is 9.27. The quantitative estimate of drug-likeness (QED) is 0.774. The summed E-state index contributed by atoms with van der Waals surface area (Å²) in [6.07, 6.45) is 5.26. The Morgan fingerprint density at radius 2 is 2.04 bits per heavy atom. The molecule has 2 fully saturated rings. The van der Waals surface area contributed by atoms with Crippen molar-refractivity contribution in [3.63, 3.8) is 0 Å². The lowest BCUT2D eigenvalue weighted by molar-refractivity contribution is 0.0531. The van der Waals surface area contributed by atoms with Crippen molar-refractivity contribution < 1.29 is 9.53 Å². The molecule has 138 valence electrons. The summed E-state index contributed by atoms with van der Waals surface area (Å²) in [6.45, 7) is 2.63. The lowest BCUT2D eigenvalue weighted by Crippen LogP contribution is -2.69. The first-order chi connectivity index (χ1) is 13.3. The first-order valence-electron chi connectivity index (χ1n) is 9.27. The highest BCUT2D eigenvalue weighted by atomic mass is 16.6. The second-order valence-corrected chi connectivity index (χ2v) is 7.31. The SMILES string of the molecule is O=C(OCc1ccccc1)N1CCCC12CN(c1ncnc3[nH]ccc13)C2. The number of hydrogen-bond acceptors (Lipinski definition) is 5. The summed E-state index contributed by atoms with van der Waals surface area (Å²) in [4.78, 5) is 28.7. The molecule has 2 aliphatic rings. The van der Waals surface area contributed by atoms with Gasteiger partial charge in [0.05, 0.1) is 10.9 Å². The standard InChI is InChI=1S/C20H21N5O2/c26-19(27-11-15-5-2-1-3-6-15)25-10-4-8-20(25)12-24(13-20)18-16-7-9-21-17(16)22-14-23-18/h1-3,5-7,9,14H,4,8,10-13H2,(H,21,22,23). The Kier molecular flexibility index (Phi) is 3.74. The van der Waals surface area contributed by atoms with Gasteiger partial charge in [-0.15, -0.1) is 0 Å². The normalized spacial score (nSPS) is 18.1. The Morgan fingerprint density at radius 1 is 1.19 bits per heavy atom. The van der Waals surface area contributed by atoms with Crippen molar-refractivity contribution in [3.05, 3.63) is 54.5 Å². The fraction of sp³-hybridized carbons (Fsp3) is 0.350. The van der Waals surface area contributed by atoms with Gasteiger partial charge in [0.2, 0.25) is 0 Å². The summed E-state index contributed by atoms with van der Waals surface area (Å²) in [5.74, 6) is 0.927. The van der Waals surface area contributed by atoms with E-state index in [0.29, 0.717) is 6.61 Å². The van der Waals surface area contributed by atoms with E-state index in [4.69, 9.17) is 4.74 Å². The van der Waals surface area contributed by atoms with E-state index in [1.807, 2.05) is 47.5 Å². The fourth-order valence-electron chi connectivity index (χ4n) is 4.27. The van der Waals surface area contributed by atoms with Crippen molar-refractivity contribution in [2.75, 3.05) is 24.5 Å². The number of likely N-dealkylation sites (tertiary alicyclic amines) is 1. The Morgan fingerprint density at radius 3 is 2.89 bits per heavy atom. The third-order valence-electron chi connectivity index (χ3n) is 5.62. The lowest BCUT2D eigenvalue weighted by atomic mass is 9.87. The van der Waals surface area contributed by atoms with Gasteiger partial charge in [0.25, 0.3) is 0 Å². The highest BCUT2D eigenvalue weighted by Crippen LogP contribution is 2.41. The Labute approximate surface area is 157 Å². The van der Waals surface area contributed by atoms with Crippen LogP contribution in [0, 0.1) is 0 Å². The Hall–Kier alpha value is -3.09. The van der Waals surface area contributed by atoms with Crippen LogP contribution in [-0.2, 0) is 11.3 Å². The third kappa shape index (κ3) is 2.70.